The normalized spacial score (nSPS) is 12.0. The minimum Gasteiger partial charge on any atom is -0.398 e. The quantitative estimate of drug-likeness (QED) is 0.377. The van der Waals surface area contributed by atoms with Gasteiger partial charge in [0, 0.05) is 47.4 Å². The maximum absolute atomic E-state index is 12.7. The maximum Gasteiger partial charge on any atom is 0.268 e. The van der Waals surface area contributed by atoms with Gasteiger partial charge in [0.15, 0.2) is 0 Å². The molecule has 0 saturated heterocycles. The second kappa shape index (κ2) is 12.2. The third kappa shape index (κ3) is 6.78. The highest BCUT2D eigenvalue weighted by Crippen LogP contribution is 2.30. The van der Waals surface area contributed by atoms with Gasteiger partial charge in [-0.3, -0.25) is 9.78 Å². The fraction of sp³-hybridized carbons (Fsp3) is 0.391. The first kappa shape index (κ1) is 23.8. The van der Waals surface area contributed by atoms with Crippen LogP contribution in [0.1, 0.15) is 30.5 Å². The van der Waals surface area contributed by atoms with E-state index in [4.69, 9.17) is 11.5 Å². The summed E-state index contributed by atoms with van der Waals surface area (Å²) in [5.41, 5.74) is 16.6. The SMILES string of the molecule is CCN(CC)CCNC(=O)/C(N)=C(/SCCc1cccc(C)c1N)c1cccnc1. The third-order valence-electron chi connectivity index (χ3n) is 5.05. The van der Waals surface area contributed by atoms with Crippen molar-refractivity contribution in [2.45, 2.75) is 27.2 Å². The van der Waals surface area contributed by atoms with Crippen LogP contribution in [-0.4, -0.2) is 47.7 Å². The second-order valence-electron chi connectivity index (χ2n) is 7.01. The van der Waals surface area contributed by atoms with Gasteiger partial charge in [0.25, 0.3) is 5.91 Å². The molecular weight excluding hydrogens is 394 g/mol. The number of amides is 1. The zero-order chi connectivity index (χ0) is 21.9. The van der Waals surface area contributed by atoms with Crippen LogP contribution >= 0.6 is 11.8 Å². The van der Waals surface area contributed by atoms with Gasteiger partial charge in [-0.05, 0) is 43.6 Å². The molecule has 0 aliphatic carbocycles. The number of thioether (sulfide) groups is 1. The first-order valence-corrected chi connectivity index (χ1v) is 11.3. The average molecular weight is 428 g/mol. The summed E-state index contributed by atoms with van der Waals surface area (Å²) in [5.74, 6) is 0.509. The third-order valence-corrected chi connectivity index (χ3v) is 6.21. The molecule has 0 radical (unpaired) electrons. The lowest BCUT2D eigenvalue weighted by atomic mass is 10.1. The van der Waals surface area contributed by atoms with Gasteiger partial charge in [0.2, 0.25) is 0 Å². The Morgan fingerprint density at radius 1 is 1.20 bits per heavy atom. The van der Waals surface area contributed by atoms with Crippen molar-refractivity contribution in [1.29, 1.82) is 0 Å². The Bertz CT molecular complexity index is 850. The molecular formula is C23H33N5OS. The molecule has 0 aliphatic heterocycles. The summed E-state index contributed by atoms with van der Waals surface area (Å²) in [4.78, 5) is 19.9. The van der Waals surface area contributed by atoms with Gasteiger partial charge in [-0.15, -0.1) is 11.8 Å². The molecule has 30 heavy (non-hydrogen) atoms. The highest BCUT2D eigenvalue weighted by atomic mass is 32.2. The Morgan fingerprint density at radius 3 is 2.63 bits per heavy atom. The smallest absolute Gasteiger partial charge is 0.268 e. The van der Waals surface area contributed by atoms with Crippen LogP contribution in [0.3, 0.4) is 0 Å². The predicted octanol–water partition coefficient (Wildman–Crippen LogP) is 3.03. The molecule has 0 aliphatic rings. The molecule has 1 aromatic carbocycles. The molecule has 6 nitrogen and oxygen atoms in total. The van der Waals surface area contributed by atoms with Crippen LogP contribution in [0.4, 0.5) is 5.69 Å². The maximum atomic E-state index is 12.7. The van der Waals surface area contributed by atoms with Crippen molar-refractivity contribution in [3.8, 4) is 0 Å². The number of carbonyl (C=O) groups is 1. The lowest BCUT2D eigenvalue weighted by Crippen LogP contribution is -2.37. The summed E-state index contributed by atoms with van der Waals surface area (Å²) in [6.45, 7) is 9.50. The van der Waals surface area contributed by atoms with E-state index in [1.807, 2.05) is 37.3 Å². The summed E-state index contributed by atoms with van der Waals surface area (Å²) in [6.07, 6.45) is 4.23. The van der Waals surface area contributed by atoms with Crippen molar-refractivity contribution in [3.05, 3.63) is 65.1 Å². The number of nitrogen functional groups attached to an aromatic ring is 1. The lowest BCUT2D eigenvalue weighted by Gasteiger charge is -2.18. The monoisotopic (exact) mass is 427 g/mol. The molecule has 162 valence electrons. The van der Waals surface area contributed by atoms with Gasteiger partial charge >= 0.3 is 0 Å². The Labute approximate surface area is 184 Å². The van der Waals surface area contributed by atoms with Crippen LogP contribution in [0.2, 0.25) is 0 Å². The Kier molecular flexibility index (Phi) is 9.70. The molecule has 2 rings (SSSR count). The molecule has 1 aromatic heterocycles. The molecule has 0 fully saturated rings. The van der Waals surface area contributed by atoms with E-state index >= 15 is 0 Å². The molecule has 2 aromatic rings. The number of hydrogen-bond donors (Lipinski definition) is 3. The number of aromatic nitrogens is 1. The van der Waals surface area contributed by atoms with Gasteiger partial charge in [-0.25, -0.2) is 0 Å². The van der Waals surface area contributed by atoms with Gasteiger partial charge in [-0.2, -0.15) is 0 Å². The number of aryl methyl sites for hydroxylation is 2. The minimum atomic E-state index is -0.247. The Balaban J connectivity index is 2.10. The lowest BCUT2D eigenvalue weighted by molar-refractivity contribution is -0.117. The first-order chi connectivity index (χ1) is 14.5. The zero-order valence-electron chi connectivity index (χ0n) is 18.1. The van der Waals surface area contributed by atoms with Crippen LogP contribution < -0.4 is 16.8 Å². The fourth-order valence-corrected chi connectivity index (χ4v) is 4.16. The summed E-state index contributed by atoms with van der Waals surface area (Å²) < 4.78 is 0. The van der Waals surface area contributed by atoms with E-state index < -0.39 is 0 Å². The van der Waals surface area contributed by atoms with E-state index in [9.17, 15) is 4.79 Å². The van der Waals surface area contributed by atoms with Crippen LogP contribution in [0, 0.1) is 6.92 Å². The fourth-order valence-electron chi connectivity index (χ4n) is 3.10. The molecule has 7 heteroatoms. The summed E-state index contributed by atoms with van der Waals surface area (Å²) >= 11 is 1.56. The summed E-state index contributed by atoms with van der Waals surface area (Å²) in [5, 5.41) is 2.94. The number of para-hydroxylation sites is 1. The number of hydrogen-bond acceptors (Lipinski definition) is 6. The number of benzene rings is 1. The van der Waals surface area contributed by atoms with E-state index in [0.29, 0.717) is 6.54 Å². The molecule has 1 amide bonds. The van der Waals surface area contributed by atoms with Crippen molar-refractivity contribution < 1.29 is 4.79 Å². The number of nitrogens with two attached hydrogens (primary N) is 2. The van der Waals surface area contributed by atoms with Crippen molar-refractivity contribution in [2.24, 2.45) is 5.73 Å². The van der Waals surface area contributed by atoms with Gasteiger partial charge < -0.3 is 21.7 Å². The van der Waals surface area contributed by atoms with Gasteiger partial charge in [-0.1, -0.05) is 38.1 Å². The van der Waals surface area contributed by atoms with Crippen molar-refractivity contribution in [3.63, 3.8) is 0 Å². The van der Waals surface area contributed by atoms with Crippen molar-refractivity contribution in [2.75, 3.05) is 37.7 Å². The standard InChI is InChI=1S/C23H33N5OS/c1-4-28(5-2)14-13-27-23(29)21(25)22(19-10-7-12-26-16-19)30-15-11-18-9-6-8-17(3)20(18)24/h6-10,12,16H,4-5,11,13-15,24-25H2,1-3H3,(H,27,29)/b22-21-. The van der Waals surface area contributed by atoms with Crippen LogP contribution in [0.5, 0.6) is 0 Å². The zero-order valence-corrected chi connectivity index (χ0v) is 19.0. The number of carbonyl (C=O) groups excluding carboxylic acids is 1. The van der Waals surface area contributed by atoms with Crippen LogP contribution in [0.15, 0.2) is 48.4 Å². The van der Waals surface area contributed by atoms with E-state index in [0.717, 1.165) is 59.1 Å². The largest absolute Gasteiger partial charge is 0.398 e. The van der Waals surface area contributed by atoms with Gasteiger partial charge in [0.1, 0.15) is 5.70 Å². The molecule has 1 heterocycles. The second-order valence-corrected chi connectivity index (χ2v) is 8.12. The van der Waals surface area contributed by atoms with Crippen molar-refractivity contribution >= 4 is 28.3 Å². The molecule has 0 unspecified atom stereocenters. The average Bonchev–Trinajstić information content (AvgIpc) is 2.77. The summed E-state index contributed by atoms with van der Waals surface area (Å²) in [6, 6.07) is 9.83. The van der Waals surface area contributed by atoms with Crippen LogP contribution in [-0.2, 0) is 11.2 Å². The van der Waals surface area contributed by atoms with E-state index in [1.165, 1.54) is 0 Å². The predicted molar refractivity (Wildman–Crippen MR) is 128 cm³/mol. The molecule has 5 N–H and O–H groups in total. The number of rotatable bonds is 11. The number of likely N-dealkylation sites (N-methyl/N-ethyl adjacent to an activating group) is 1. The highest BCUT2D eigenvalue weighted by Gasteiger charge is 2.15. The molecule has 0 saturated carbocycles. The topological polar surface area (TPSA) is 97.3 Å². The minimum absolute atomic E-state index is 0.227. The highest BCUT2D eigenvalue weighted by molar-refractivity contribution is 8.08. The number of nitrogens with one attached hydrogen (secondary N) is 1. The first-order valence-electron chi connectivity index (χ1n) is 10.3. The molecule has 0 spiro atoms. The Morgan fingerprint density at radius 2 is 1.97 bits per heavy atom. The number of anilines is 1. The number of pyridine rings is 1. The number of nitrogens with zero attached hydrogens (tertiary/aromatic N) is 2. The van der Waals surface area contributed by atoms with E-state index in [-0.39, 0.29) is 11.6 Å². The van der Waals surface area contributed by atoms with Crippen LogP contribution in [0.25, 0.3) is 4.91 Å². The molecule has 0 bridgehead atoms. The Hall–Kier alpha value is -2.51. The molecule has 0 atom stereocenters. The summed E-state index contributed by atoms with van der Waals surface area (Å²) in [7, 11) is 0. The van der Waals surface area contributed by atoms with E-state index in [2.05, 4.69) is 29.0 Å². The van der Waals surface area contributed by atoms with Crippen molar-refractivity contribution in [1.82, 2.24) is 15.2 Å². The van der Waals surface area contributed by atoms with Gasteiger partial charge in [0.05, 0.1) is 0 Å². The van der Waals surface area contributed by atoms with E-state index in [1.54, 1.807) is 24.2 Å².